The number of hydrogen-bond donors (Lipinski definition) is 1. The lowest BCUT2D eigenvalue weighted by molar-refractivity contribution is -0.152. The van der Waals surface area contributed by atoms with Gasteiger partial charge in [-0.25, -0.2) is 4.79 Å². The number of carbonyl (C=O) groups excluding carboxylic acids is 1. The quantitative estimate of drug-likeness (QED) is 0.752. The molecule has 1 aliphatic heterocycles. The lowest BCUT2D eigenvalue weighted by Gasteiger charge is -2.47. The lowest BCUT2D eigenvalue weighted by Crippen LogP contribution is -2.64. The Balaban J connectivity index is 2.04. The standard InChI is InChI=1S/C15H29N3O2/c1-5-20-13(19)15(16,12-6-7-12)11-18-9-8-17(4)14(2,3)10-18/h12H,5-11,16H2,1-4H3. The number of ether oxygens (including phenoxy) is 1. The molecule has 2 fully saturated rings. The van der Waals surface area contributed by atoms with Crippen LogP contribution >= 0.6 is 0 Å². The van der Waals surface area contributed by atoms with Crippen molar-refractivity contribution in [1.29, 1.82) is 0 Å². The summed E-state index contributed by atoms with van der Waals surface area (Å²) in [4.78, 5) is 17.0. The highest BCUT2D eigenvalue weighted by molar-refractivity contribution is 5.82. The van der Waals surface area contributed by atoms with Crippen LogP contribution in [0.5, 0.6) is 0 Å². The minimum absolute atomic E-state index is 0.122. The molecule has 116 valence electrons. The number of nitrogens with zero attached hydrogens (tertiary/aromatic N) is 2. The molecule has 0 aromatic rings. The first-order valence-corrected chi connectivity index (χ1v) is 7.69. The van der Waals surface area contributed by atoms with Gasteiger partial charge in [0.2, 0.25) is 0 Å². The first kappa shape index (κ1) is 15.7. The summed E-state index contributed by atoms with van der Waals surface area (Å²) < 4.78 is 5.22. The molecule has 1 saturated carbocycles. The van der Waals surface area contributed by atoms with Gasteiger partial charge in [-0.15, -0.1) is 0 Å². The molecule has 5 nitrogen and oxygen atoms in total. The van der Waals surface area contributed by atoms with Crippen molar-refractivity contribution >= 4 is 5.97 Å². The third kappa shape index (κ3) is 3.15. The van der Waals surface area contributed by atoms with E-state index in [0.29, 0.717) is 19.1 Å². The molecular weight excluding hydrogens is 254 g/mol. The predicted octanol–water partition coefficient (Wildman–Crippen LogP) is 0.683. The van der Waals surface area contributed by atoms with E-state index in [9.17, 15) is 4.79 Å². The molecule has 20 heavy (non-hydrogen) atoms. The van der Waals surface area contributed by atoms with Gasteiger partial charge in [0.25, 0.3) is 0 Å². The molecule has 1 saturated heterocycles. The van der Waals surface area contributed by atoms with Crippen LogP contribution in [0.1, 0.15) is 33.6 Å². The van der Waals surface area contributed by atoms with Crippen molar-refractivity contribution in [3.63, 3.8) is 0 Å². The first-order chi connectivity index (χ1) is 9.29. The summed E-state index contributed by atoms with van der Waals surface area (Å²) in [6.45, 7) is 10.2. The van der Waals surface area contributed by atoms with Crippen molar-refractivity contribution in [3.8, 4) is 0 Å². The minimum Gasteiger partial charge on any atom is -0.465 e. The first-order valence-electron chi connectivity index (χ1n) is 7.69. The van der Waals surface area contributed by atoms with E-state index in [4.69, 9.17) is 10.5 Å². The van der Waals surface area contributed by atoms with Crippen LogP contribution in [0.15, 0.2) is 0 Å². The molecule has 0 aromatic carbocycles. The Kier molecular flexibility index (Phi) is 4.42. The topological polar surface area (TPSA) is 58.8 Å². The van der Waals surface area contributed by atoms with Crippen LogP contribution in [-0.2, 0) is 9.53 Å². The monoisotopic (exact) mass is 283 g/mol. The number of nitrogens with two attached hydrogens (primary N) is 1. The van der Waals surface area contributed by atoms with Gasteiger partial charge < -0.3 is 10.5 Å². The lowest BCUT2D eigenvalue weighted by atomic mass is 9.91. The maximum Gasteiger partial charge on any atom is 0.327 e. The Morgan fingerprint density at radius 3 is 2.55 bits per heavy atom. The van der Waals surface area contributed by atoms with Crippen LogP contribution in [0.2, 0.25) is 0 Å². The van der Waals surface area contributed by atoms with Gasteiger partial charge in [-0.3, -0.25) is 9.80 Å². The van der Waals surface area contributed by atoms with E-state index in [-0.39, 0.29) is 11.5 Å². The van der Waals surface area contributed by atoms with Gasteiger partial charge in [0.05, 0.1) is 6.61 Å². The smallest absolute Gasteiger partial charge is 0.327 e. The fourth-order valence-electron chi connectivity index (χ4n) is 3.07. The molecule has 0 bridgehead atoms. The van der Waals surface area contributed by atoms with Crippen molar-refractivity contribution in [2.45, 2.75) is 44.7 Å². The van der Waals surface area contributed by atoms with Crippen molar-refractivity contribution < 1.29 is 9.53 Å². The second-order valence-electron chi connectivity index (χ2n) is 6.98. The second kappa shape index (κ2) is 5.62. The second-order valence-corrected chi connectivity index (χ2v) is 6.98. The largest absolute Gasteiger partial charge is 0.465 e. The fourth-order valence-corrected chi connectivity index (χ4v) is 3.07. The number of rotatable bonds is 5. The third-order valence-corrected chi connectivity index (χ3v) is 4.84. The average molecular weight is 283 g/mol. The van der Waals surface area contributed by atoms with E-state index in [2.05, 4.69) is 30.7 Å². The molecule has 1 heterocycles. The Labute approximate surface area is 122 Å². The summed E-state index contributed by atoms with van der Waals surface area (Å²) in [5.41, 5.74) is 5.76. The number of likely N-dealkylation sites (N-methyl/N-ethyl adjacent to an activating group) is 1. The zero-order valence-electron chi connectivity index (χ0n) is 13.3. The van der Waals surface area contributed by atoms with Crippen LogP contribution in [0.4, 0.5) is 0 Å². The molecule has 1 atom stereocenters. The fraction of sp³-hybridized carbons (Fsp3) is 0.933. The van der Waals surface area contributed by atoms with Gasteiger partial charge in [0, 0.05) is 31.7 Å². The van der Waals surface area contributed by atoms with E-state index in [0.717, 1.165) is 32.5 Å². The summed E-state index contributed by atoms with van der Waals surface area (Å²) in [7, 11) is 2.15. The van der Waals surface area contributed by atoms with Crippen molar-refractivity contribution in [1.82, 2.24) is 9.80 Å². The van der Waals surface area contributed by atoms with Crippen molar-refractivity contribution in [2.24, 2.45) is 11.7 Å². The molecule has 2 rings (SSSR count). The van der Waals surface area contributed by atoms with Crippen LogP contribution in [0.25, 0.3) is 0 Å². The molecule has 0 aromatic heterocycles. The van der Waals surface area contributed by atoms with Gasteiger partial charge in [-0.1, -0.05) is 0 Å². The number of piperazine rings is 1. The molecule has 2 N–H and O–H groups in total. The van der Waals surface area contributed by atoms with Crippen LogP contribution in [-0.4, -0.2) is 66.7 Å². The van der Waals surface area contributed by atoms with Crippen molar-refractivity contribution in [3.05, 3.63) is 0 Å². The third-order valence-electron chi connectivity index (χ3n) is 4.84. The number of hydrogen-bond acceptors (Lipinski definition) is 5. The summed E-state index contributed by atoms with van der Waals surface area (Å²) in [6.07, 6.45) is 2.10. The van der Waals surface area contributed by atoms with Gasteiger partial charge in [-0.05, 0) is 46.6 Å². The molecule has 5 heteroatoms. The maximum atomic E-state index is 12.3. The summed E-state index contributed by atoms with van der Waals surface area (Å²) in [5, 5.41) is 0. The van der Waals surface area contributed by atoms with Crippen LogP contribution in [0.3, 0.4) is 0 Å². The zero-order valence-corrected chi connectivity index (χ0v) is 13.3. The van der Waals surface area contributed by atoms with Gasteiger partial charge in [-0.2, -0.15) is 0 Å². The average Bonchev–Trinajstić information content (AvgIpc) is 3.18. The van der Waals surface area contributed by atoms with Gasteiger partial charge >= 0.3 is 5.97 Å². The Hall–Kier alpha value is -0.650. The summed E-state index contributed by atoms with van der Waals surface area (Å²) in [5.74, 6) is 0.0727. The molecule has 0 amide bonds. The molecule has 0 spiro atoms. The minimum atomic E-state index is -0.817. The Morgan fingerprint density at radius 2 is 2.05 bits per heavy atom. The number of carbonyl (C=O) groups is 1. The molecule has 0 radical (unpaired) electrons. The van der Waals surface area contributed by atoms with E-state index >= 15 is 0 Å². The molecular formula is C15H29N3O2. The highest BCUT2D eigenvalue weighted by Gasteiger charge is 2.50. The van der Waals surface area contributed by atoms with Gasteiger partial charge in [0.15, 0.2) is 0 Å². The highest BCUT2D eigenvalue weighted by Crippen LogP contribution is 2.40. The predicted molar refractivity (Wildman–Crippen MR) is 79.4 cm³/mol. The SMILES string of the molecule is CCOC(=O)C(N)(CN1CCN(C)C(C)(C)C1)C1CC1. The zero-order chi connectivity index (χ0) is 15.0. The molecule has 2 aliphatic rings. The highest BCUT2D eigenvalue weighted by atomic mass is 16.5. The molecule has 1 aliphatic carbocycles. The normalized spacial score (nSPS) is 27.1. The Morgan fingerprint density at radius 1 is 1.40 bits per heavy atom. The summed E-state index contributed by atoms with van der Waals surface area (Å²) >= 11 is 0. The molecule has 1 unspecified atom stereocenters. The number of esters is 1. The van der Waals surface area contributed by atoms with E-state index < -0.39 is 5.54 Å². The van der Waals surface area contributed by atoms with E-state index in [1.165, 1.54) is 0 Å². The van der Waals surface area contributed by atoms with Crippen LogP contribution < -0.4 is 5.73 Å². The van der Waals surface area contributed by atoms with E-state index in [1.807, 2.05) is 6.92 Å². The Bertz CT molecular complexity index is 368. The summed E-state index contributed by atoms with van der Waals surface area (Å²) in [6, 6.07) is 0. The van der Waals surface area contributed by atoms with E-state index in [1.54, 1.807) is 0 Å². The maximum absolute atomic E-state index is 12.3. The van der Waals surface area contributed by atoms with Gasteiger partial charge in [0.1, 0.15) is 5.54 Å². The van der Waals surface area contributed by atoms with Crippen LogP contribution in [0, 0.1) is 5.92 Å². The van der Waals surface area contributed by atoms with Crippen molar-refractivity contribution in [2.75, 3.05) is 39.8 Å².